The lowest BCUT2D eigenvalue weighted by Gasteiger charge is -2.17. The van der Waals surface area contributed by atoms with Gasteiger partial charge in [-0.2, -0.15) is 0 Å². The molecule has 0 bridgehead atoms. The van der Waals surface area contributed by atoms with Crippen LogP contribution in [0.2, 0.25) is 0 Å². The zero-order valence-electron chi connectivity index (χ0n) is 16.7. The third-order valence-corrected chi connectivity index (χ3v) is 6.84. The van der Waals surface area contributed by atoms with E-state index in [0.29, 0.717) is 5.69 Å². The lowest BCUT2D eigenvalue weighted by molar-refractivity contribution is 0.0732. The molecule has 2 amide bonds. The van der Waals surface area contributed by atoms with E-state index in [-0.39, 0.29) is 5.03 Å². The van der Waals surface area contributed by atoms with Gasteiger partial charge in [-0.25, -0.2) is 19.1 Å². The zero-order valence-corrected chi connectivity index (χ0v) is 17.5. The molecule has 1 unspecified atom stereocenters. The van der Waals surface area contributed by atoms with Crippen molar-refractivity contribution in [1.29, 1.82) is 0 Å². The van der Waals surface area contributed by atoms with Crippen molar-refractivity contribution in [3.05, 3.63) is 52.2 Å². The van der Waals surface area contributed by atoms with Crippen LogP contribution < -0.4 is 10.5 Å². The summed E-state index contributed by atoms with van der Waals surface area (Å²) < 4.78 is 16.7. The largest absolute Gasteiger partial charge is 0.384 e. The Labute approximate surface area is 171 Å². The van der Waals surface area contributed by atoms with Crippen LogP contribution in [0.25, 0.3) is 0 Å². The van der Waals surface area contributed by atoms with Gasteiger partial charge >= 0.3 is 6.03 Å². The number of carbonyl (C=O) groups excluding carboxylic acids is 1. The fraction of sp³-hybridized carbons (Fsp3) is 0.429. The number of nitrogens with zero attached hydrogens (tertiary/aromatic N) is 2. The number of rotatable bonds is 3. The van der Waals surface area contributed by atoms with E-state index in [1.54, 1.807) is 26.0 Å². The van der Waals surface area contributed by atoms with Crippen LogP contribution in [0.4, 0.5) is 10.5 Å². The van der Waals surface area contributed by atoms with E-state index in [1.807, 2.05) is 0 Å². The number of nitrogens with two attached hydrogens (primary N) is 1. The van der Waals surface area contributed by atoms with Crippen LogP contribution in [0, 0.1) is 0 Å². The number of urea groups is 1. The van der Waals surface area contributed by atoms with Gasteiger partial charge in [-0.05, 0) is 86.8 Å². The molecule has 1 aromatic carbocycles. The molecule has 0 radical (unpaired) electrons. The van der Waals surface area contributed by atoms with Crippen molar-refractivity contribution in [1.82, 2.24) is 4.98 Å². The van der Waals surface area contributed by atoms with Crippen LogP contribution in [0.3, 0.4) is 0 Å². The summed E-state index contributed by atoms with van der Waals surface area (Å²) in [7, 11) is -3.55. The maximum atomic E-state index is 12.9. The molecule has 29 heavy (non-hydrogen) atoms. The number of amides is 2. The van der Waals surface area contributed by atoms with Gasteiger partial charge < -0.3 is 10.4 Å². The number of aryl methyl sites for hydroxylation is 2. The fourth-order valence-electron chi connectivity index (χ4n) is 4.19. The molecule has 4 rings (SSSR count). The van der Waals surface area contributed by atoms with Crippen molar-refractivity contribution in [3.8, 4) is 0 Å². The summed E-state index contributed by atoms with van der Waals surface area (Å²) in [6.45, 7) is 3.13. The molecule has 1 aromatic heterocycles. The summed E-state index contributed by atoms with van der Waals surface area (Å²) in [5, 5.41) is 18.9. The molecule has 1 atom stereocenters. The highest BCUT2D eigenvalue weighted by molar-refractivity contribution is 7.91. The van der Waals surface area contributed by atoms with Gasteiger partial charge in [-0.15, -0.1) is 4.36 Å². The van der Waals surface area contributed by atoms with Gasteiger partial charge in [-0.3, -0.25) is 0 Å². The molecule has 0 saturated heterocycles. The highest BCUT2D eigenvalue weighted by Gasteiger charge is 2.26. The van der Waals surface area contributed by atoms with Crippen LogP contribution in [-0.2, 0) is 41.2 Å². The van der Waals surface area contributed by atoms with Gasteiger partial charge in [0.2, 0.25) is 0 Å². The predicted molar refractivity (Wildman–Crippen MR) is 112 cm³/mol. The molecule has 4 N–H and O–H groups in total. The molecule has 0 aliphatic heterocycles. The van der Waals surface area contributed by atoms with E-state index in [4.69, 9.17) is 5.14 Å². The summed E-state index contributed by atoms with van der Waals surface area (Å²) >= 11 is 0. The van der Waals surface area contributed by atoms with Gasteiger partial charge in [0, 0.05) is 5.69 Å². The van der Waals surface area contributed by atoms with Crippen molar-refractivity contribution in [3.63, 3.8) is 0 Å². The SMILES string of the molecule is CC(C)(O)c1cccc(S(N)(=O)=NC(=O)Nc2c3c(cc4c2CCC4)CCC3)n1. The second-order valence-electron chi connectivity index (χ2n) is 8.24. The van der Waals surface area contributed by atoms with Gasteiger partial charge in [0.1, 0.15) is 5.60 Å². The van der Waals surface area contributed by atoms with Gasteiger partial charge in [0.25, 0.3) is 0 Å². The Kier molecular flexibility index (Phi) is 4.96. The van der Waals surface area contributed by atoms with Crippen LogP contribution in [0.15, 0.2) is 33.7 Å². The van der Waals surface area contributed by atoms with Crippen molar-refractivity contribution in [2.75, 3.05) is 5.32 Å². The molecule has 7 nitrogen and oxygen atoms in total. The Morgan fingerprint density at radius 2 is 1.79 bits per heavy atom. The number of pyridine rings is 1. The van der Waals surface area contributed by atoms with Gasteiger partial charge in [0.05, 0.1) is 5.69 Å². The Hall–Kier alpha value is -2.29. The van der Waals surface area contributed by atoms with E-state index >= 15 is 0 Å². The molecular formula is C21H26N4O3S. The highest BCUT2D eigenvalue weighted by atomic mass is 32.2. The van der Waals surface area contributed by atoms with Crippen LogP contribution in [-0.4, -0.2) is 20.3 Å². The molecule has 1 heterocycles. The maximum Gasteiger partial charge on any atom is 0.354 e. The molecule has 154 valence electrons. The second-order valence-corrected chi connectivity index (χ2v) is 9.98. The molecule has 0 saturated carbocycles. The summed E-state index contributed by atoms with van der Waals surface area (Å²) in [5.74, 6) is 0. The standard InChI is InChI=1S/C21H26N4O3S/c1-21(2,27)17-10-5-11-18(23-17)29(22,28)25-20(26)24-19-15-8-3-6-13(15)12-14-7-4-9-16(14)19/h5,10-12,27H,3-4,6-9H2,1-2H3,(H3,22,24,25,26,28). The third kappa shape index (κ3) is 3.92. The van der Waals surface area contributed by atoms with Crippen LogP contribution in [0.5, 0.6) is 0 Å². The summed E-state index contributed by atoms with van der Waals surface area (Å²) in [5.41, 5.74) is 4.82. The average molecular weight is 415 g/mol. The van der Waals surface area contributed by atoms with Gasteiger partial charge in [0.15, 0.2) is 14.9 Å². The first-order valence-electron chi connectivity index (χ1n) is 9.87. The normalized spacial score (nSPS) is 17.4. The topological polar surface area (TPSA) is 118 Å². The first-order chi connectivity index (χ1) is 13.6. The fourth-order valence-corrected chi connectivity index (χ4v) is 5.07. The number of aliphatic hydroxyl groups is 1. The maximum absolute atomic E-state index is 12.9. The Morgan fingerprint density at radius 1 is 1.17 bits per heavy atom. The van der Waals surface area contributed by atoms with E-state index in [1.165, 1.54) is 28.3 Å². The van der Waals surface area contributed by atoms with Crippen molar-refractivity contribution in [2.24, 2.45) is 9.50 Å². The number of benzene rings is 1. The minimum Gasteiger partial charge on any atom is -0.384 e. The lowest BCUT2D eigenvalue weighted by Crippen LogP contribution is -2.23. The zero-order chi connectivity index (χ0) is 20.8. The molecule has 2 aliphatic rings. The number of hydrogen-bond donors (Lipinski definition) is 3. The number of aromatic nitrogens is 1. The molecule has 2 aliphatic carbocycles. The minimum atomic E-state index is -3.55. The average Bonchev–Trinajstić information content (AvgIpc) is 3.29. The van der Waals surface area contributed by atoms with Crippen LogP contribution >= 0.6 is 0 Å². The number of nitrogens with one attached hydrogen (secondary N) is 1. The number of hydrogen-bond acceptors (Lipinski definition) is 4. The Bertz CT molecular complexity index is 1080. The number of carbonyl (C=O) groups is 1. The van der Waals surface area contributed by atoms with E-state index in [9.17, 15) is 14.1 Å². The first-order valence-corrected chi connectivity index (χ1v) is 11.5. The second kappa shape index (κ2) is 7.19. The predicted octanol–water partition coefficient (Wildman–Crippen LogP) is 3.22. The quantitative estimate of drug-likeness (QED) is 0.714. The molecule has 0 spiro atoms. The highest BCUT2D eigenvalue weighted by Crippen LogP contribution is 2.38. The Morgan fingerprint density at radius 3 is 2.38 bits per heavy atom. The summed E-state index contributed by atoms with van der Waals surface area (Å²) in [6, 6.07) is 6.19. The van der Waals surface area contributed by atoms with Crippen molar-refractivity contribution < 1.29 is 14.1 Å². The van der Waals surface area contributed by atoms with E-state index in [0.717, 1.165) is 44.2 Å². The smallest absolute Gasteiger partial charge is 0.354 e. The van der Waals surface area contributed by atoms with Gasteiger partial charge in [-0.1, -0.05) is 12.1 Å². The molecule has 0 fully saturated rings. The number of fused-ring (bicyclic) bond motifs is 2. The minimum absolute atomic E-state index is 0.0317. The number of anilines is 1. The van der Waals surface area contributed by atoms with E-state index < -0.39 is 21.5 Å². The van der Waals surface area contributed by atoms with Crippen molar-refractivity contribution >= 4 is 21.6 Å². The lowest BCUT2D eigenvalue weighted by atomic mass is 9.99. The monoisotopic (exact) mass is 414 g/mol. The molecular weight excluding hydrogens is 388 g/mol. The van der Waals surface area contributed by atoms with Crippen molar-refractivity contribution in [2.45, 2.75) is 63.0 Å². The Balaban J connectivity index is 1.67. The van der Waals surface area contributed by atoms with E-state index in [2.05, 4.69) is 20.7 Å². The third-order valence-electron chi connectivity index (χ3n) is 5.57. The summed E-state index contributed by atoms with van der Waals surface area (Å²) in [6.07, 6.45) is 6.02. The first kappa shape index (κ1) is 20.0. The molecule has 8 heteroatoms. The summed E-state index contributed by atoms with van der Waals surface area (Å²) in [4.78, 5) is 16.8. The van der Waals surface area contributed by atoms with Crippen LogP contribution in [0.1, 0.15) is 54.6 Å². The molecule has 2 aromatic rings.